The molecule has 0 radical (unpaired) electrons. The first-order valence-electron chi connectivity index (χ1n) is 6.76. The summed E-state index contributed by atoms with van der Waals surface area (Å²) in [7, 11) is 1.75. The second-order valence-corrected chi connectivity index (χ2v) is 5.27. The van der Waals surface area contributed by atoms with E-state index < -0.39 is 0 Å². The van der Waals surface area contributed by atoms with E-state index >= 15 is 0 Å². The van der Waals surface area contributed by atoms with Crippen molar-refractivity contribution in [1.29, 1.82) is 0 Å². The van der Waals surface area contributed by atoms with Gasteiger partial charge in [-0.15, -0.1) is 0 Å². The van der Waals surface area contributed by atoms with Crippen LogP contribution in [0.5, 0.6) is 5.75 Å². The van der Waals surface area contributed by atoms with Crippen LogP contribution in [0.3, 0.4) is 0 Å². The first-order valence-corrected chi connectivity index (χ1v) is 7.17. The van der Waals surface area contributed by atoms with Crippen molar-refractivity contribution >= 4 is 35.0 Å². The molecule has 1 N–H and O–H groups in total. The van der Waals surface area contributed by atoms with Gasteiger partial charge in [-0.05, 0) is 36.5 Å². The average Bonchev–Trinajstić information content (AvgIpc) is 2.74. The van der Waals surface area contributed by atoms with Crippen LogP contribution in [-0.2, 0) is 4.79 Å². The van der Waals surface area contributed by atoms with E-state index in [4.69, 9.17) is 12.2 Å². The number of phenolic OH excluding ortho intramolecular Hbond substituents is 1. The summed E-state index contributed by atoms with van der Waals surface area (Å²) in [5, 5.41) is 10.3. The number of thiocarbonyl (C=S) groups is 1. The monoisotopic (exact) mass is 310 g/mol. The van der Waals surface area contributed by atoms with E-state index in [1.54, 1.807) is 42.3 Å². The van der Waals surface area contributed by atoms with Crippen LogP contribution in [0.25, 0.3) is 6.08 Å². The molecule has 1 aliphatic heterocycles. The molecule has 1 aliphatic rings. The van der Waals surface area contributed by atoms with Gasteiger partial charge in [-0.1, -0.05) is 36.4 Å². The quantitative estimate of drug-likeness (QED) is 0.684. The molecule has 1 heterocycles. The maximum absolute atomic E-state index is 12.7. The van der Waals surface area contributed by atoms with Gasteiger partial charge in [0.05, 0.1) is 5.69 Å². The van der Waals surface area contributed by atoms with E-state index in [1.165, 1.54) is 4.90 Å². The molecule has 0 unspecified atom stereocenters. The molecule has 0 saturated carbocycles. The van der Waals surface area contributed by atoms with E-state index in [1.807, 2.05) is 30.3 Å². The molecular weight excluding hydrogens is 296 g/mol. The number of hydrogen-bond acceptors (Lipinski definition) is 3. The Kier molecular flexibility index (Phi) is 3.65. The van der Waals surface area contributed by atoms with Crippen molar-refractivity contribution in [2.24, 2.45) is 0 Å². The molecule has 0 aliphatic carbocycles. The number of likely N-dealkylation sites (N-methyl/N-ethyl adjacent to an activating group) is 1. The van der Waals surface area contributed by atoms with Gasteiger partial charge in [0.25, 0.3) is 5.91 Å². The van der Waals surface area contributed by atoms with Crippen LogP contribution < -0.4 is 4.90 Å². The van der Waals surface area contributed by atoms with Gasteiger partial charge in [-0.2, -0.15) is 0 Å². The third kappa shape index (κ3) is 2.35. The summed E-state index contributed by atoms with van der Waals surface area (Å²) >= 11 is 5.38. The number of amides is 1. The topological polar surface area (TPSA) is 43.8 Å². The minimum Gasteiger partial charge on any atom is -0.507 e. The molecule has 0 bridgehead atoms. The summed E-state index contributed by atoms with van der Waals surface area (Å²) in [5.74, 6) is -0.0813. The Bertz CT molecular complexity index is 771. The Labute approximate surface area is 133 Å². The Hall–Kier alpha value is -2.66. The van der Waals surface area contributed by atoms with Crippen LogP contribution in [0.4, 0.5) is 5.69 Å². The number of carbonyl (C=O) groups is 1. The maximum Gasteiger partial charge on any atom is 0.281 e. The van der Waals surface area contributed by atoms with Gasteiger partial charge in [0.15, 0.2) is 5.11 Å². The van der Waals surface area contributed by atoms with Crippen molar-refractivity contribution in [3.8, 4) is 5.75 Å². The lowest BCUT2D eigenvalue weighted by Crippen LogP contribution is -2.30. The van der Waals surface area contributed by atoms with Crippen LogP contribution in [0.15, 0.2) is 60.3 Å². The summed E-state index contributed by atoms with van der Waals surface area (Å²) in [6.45, 7) is 0. The van der Waals surface area contributed by atoms with E-state index in [-0.39, 0.29) is 11.7 Å². The van der Waals surface area contributed by atoms with E-state index in [9.17, 15) is 9.90 Å². The van der Waals surface area contributed by atoms with E-state index in [0.717, 1.165) is 5.69 Å². The Balaban J connectivity index is 2.03. The fourth-order valence-electron chi connectivity index (χ4n) is 2.32. The molecule has 4 nitrogen and oxygen atoms in total. The van der Waals surface area contributed by atoms with Gasteiger partial charge in [0.1, 0.15) is 11.4 Å². The zero-order valence-corrected chi connectivity index (χ0v) is 12.7. The van der Waals surface area contributed by atoms with Crippen molar-refractivity contribution in [2.75, 3.05) is 11.9 Å². The van der Waals surface area contributed by atoms with Crippen LogP contribution in [0.2, 0.25) is 0 Å². The van der Waals surface area contributed by atoms with Crippen molar-refractivity contribution in [1.82, 2.24) is 4.90 Å². The summed E-state index contributed by atoms with van der Waals surface area (Å²) in [4.78, 5) is 15.8. The first kappa shape index (κ1) is 14.3. The smallest absolute Gasteiger partial charge is 0.281 e. The Morgan fingerprint density at radius 1 is 1.05 bits per heavy atom. The highest BCUT2D eigenvalue weighted by molar-refractivity contribution is 7.80. The molecule has 5 heteroatoms. The lowest BCUT2D eigenvalue weighted by molar-refractivity contribution is -0.114. The van der Waals surface area contributed by atoms with Crippen LogP contribution >= 0.6 is 12.2 Å². The van der Waals surface area contributed by atoms with Crippen LogP contribution in [-0.4, -0.2) is 28.1 Å². The third-order valence-corrected chi connectivity index (χ3v) is 3.96. The van der Waals surface area contributed by atoms with E-state index in [2.05, 4.69) is 0 Å². The first-order chi connectivity index (χ1) is 10.6. The molecule has 2 aromatic rings. The lowest BCUT2D eigenvalue weighted by atomic mass is 10.1. The third-order valence-electron chi connectivity index (χ3n) is 3.51. The second kappa shape index (κ2) is 5.61. The lowest BCUT2D eigenvalue weighted by Gasteiger charge is -2.16. The minimum absolute atomic E-state index is 0.125. The van der Waals surface area contributed by atoms with Crippen LogP contribution in [0, 0.1) is 0 Å². The normalized spacial score (nSPS) is 16.7. The zero-order chi connectivity index (χ0) is 15.7. The van der Waals surface area contributed by atoms with Gasteiger partial charge < -0.3 is 10.0 Å². The van der Waals surface area contributed by atoms with Crippen molar-refractivity contribution in [3.63, 3.8) is 0 Å². The molecule has 1 amide bonds. The van der Waals surface area contributed by atoms with Gasteiger partial charge in [0.2, 0.25) is 0 Å². The van der Waals surface area contributed by atoms with Gasteiger partial charge in [0, 0.05) is 12.6 Å². The number of carbonyl (C=O) groups excluding carboxylic acids is 1. The molecule has 0 spiro atoms. The fraction of sp³-hybridized carbons (Fsp3) is 0.0588. The molecule has 22 heavy (non-hydrogen) atoms. The number of rotatable bonds is 2. The van der Waals surface area contributed by atoms with Gasteiger partial charge in [-0.3, -0.25) is 9.69 Å². The second-order valence-electron chi connectivity index (χ2n) is 4.91. The highest BCUT2D eigenvalue weighted by Gasteiger charge is 2.36. The summed E-state index contributed by atoms with van der Waals surface area (Å²) in [6.07, 6.45) is 1.65. The predicted molar refractivity (Wildman–Crippen MR) is 90.4 cm³/mol. The highest BCUT2D eigenvalue weighted by atomic mass is 32.1. The fourth-order valence-corrected chi connectivity index (χ4v) is 2.60. The number of para-hydroxylation sites is 2. The summed E-state index contributed by atoms with van der Waals surface area (Å²) in [6, 6.07) is 16.1. The van der Waals surface area contributed by atoms with Gasteiger partial charge >= 0.3 is 0 Å². The molecular formula is C17H14N2O2S. The van der Waals surface area contributed by atoms with Crippen molar-refractivity contribution in [2.45, 2.75) is 0 Å². The maximum atomic E-state index is 12.7. The SMILES string of the molecule is CN1C(=S)N(c2ccccc2)C(=O)C1=Cc1ccccc1O. The minimum atomic E-state index is -0.207. The summed E-state index contributed by atoms with van der Waals surface area (Å²) < 4.78 is 0. The molecule has 2 aromatic carbocycles. The number of hydrogen-bond donors (Lipinski definition) is 1. The zero-order valence-electron chi connectivity index (χ0n) is 11.9. The van der Waals surface area contributed by atoms with E-state index in [0.29, 0.717) is 16.4 Å². The molecule has 0 aromatic heterocycles. The number of anilines is 1. The van der Waals surface area contributed by atoms with Crippen molar-refractivity contribution < 1.29 is 9.90 Å². The predicted octanol–water partition coefficient (Wildman–Crippen LogP) is 3.00. The molecule has 0 atom stereocenters. The molecule has 110 valence electrons. The number of aromatic hydroxyl groups is 1. The molecule has 1 saturated heterocycles. The number of benzene rings is 2. The van der Waals surface area contributed by atoms with Crippen molar-refractivity contribution in [3.05, 3.63) is 65.9 Å². The summed E-state index contributed by atoms with van der Waals surface area (Å²) in [5.41, 5.74) is 1.73. The number of phenols is 1. The Morgan fingerprint density at radius 2 is 1.68 bits per heavy atom. The standard InChI is InChI=1S/C17H14N2O2S/c1-18-14(11-12-7-5-6-10-15(12)20)16(21)19(17(18)22)13-8-3-2-4-9-13/h2-11,20H,1H3. The van der Waals surface area contributed by atoms with Crippen LogP contribution in [0.1, 0.15) is 5.56 Å². The Morgan fingerprint density at radius 3 is 2.36 bits per heavy atom. The van der Waals surface area contributed by atoms with Gasteiger partial charge in [-0.25, -0.2) is 0 Å². The number of nitrogens with zero attached hydrogens (tertiary/aromatic N) is 2. The highest BCUT2D eigenvalue weighted by Crippen LogP contribution is 2.29. The largest absolute Gasteiger partial charge is 0.507 e. The average molecular weight is 310 g/mol. The molecule has 3 rings (SSSR count). The molecule has 1 fully saturated rings.